The van der Waals surface area contributed by atoms with Crippen molar-refractivity contribution in [3.8, 4) is 0 Å². The Hall–Kier alpha value is -4.69. The van der Waals surface area contributed by atoms with Crippen molar-refractivity contribution in [3.05, 3.63) is 65.2 Å². The maximum Gasteiger partial charge on any atom is 0.343 e. The molecular formula is C29H34N9O5+. The number of carbonyl (C=O) groups excluding carboxylic acids is 3. The summed E-state index contributed by atoms with van der Waals surface area (Å²) >= 11 is 0. The van der Waals surface area contributed by atoms with Crippen LogP contribution in [0.3, 0.4) is 0 Å². The Kier molecular flexibility index (Phi) is 6.11. The first-order valence-corrected chi connectivity index (χ1v) is 14.4. The number of para-hydroxylation sites is 1. The fourth-order valence-corrected chi connectivity index (χ4v) is 7.27. The monoisotopic (exact) mass is 588 g/mol. The molecule has 2 aromatic rings. The molecule has 2 saturated heterocycles. The maximum absolute atomic E-state index is 13.6. The highest BCUT2D eigenvalue weighted by Crippen LogP contribution is 2.41. The Balaban J connectivity index is 1.17. The second-order valence-corrected chi connectivity index (χ2v) is 11.7. The summed E-state index contributed by atoms with van der Waals surface area (Å²) in [4.78, 5) is 51.4. The van der Waals surface area contributed by atoms with Gasteiger partial charge in [0.2, 0.25) is 5.79 Å². The molecule has 1 spiro atoms. The van der Waals surface area contributed by atoms with Gasteiger partial charge in [-0.1, -0.05) is 30.3 Å². The van der Waals surface area contributed by atoms with Crippen LogP contribution in [0.25, 0.3) is 0 Å². The first-order chi connectivity index (χ1) is 20.6. The summed E-state index contributed by atoms with van der Waals surface area (Å²) in [6.45, 7) is -0.414. The van der Waals surface area contributed by atoms with Crippen LogP contribution in [0.4, 0.5) is 10.5 Å². The summed E-state index contributed by atoms with van der Waals surface area (Å²) in [7, 11) is 0. The fraction of sp³-hybridized carbons (Fsp3) is 0.414. The summed E-state index contributed by atoms with van der Waals surface area (Å²) < 4.78 is 0. The van der Waals surface area contributed by atoms with Crippen molar-refractivity contribution >= 4 is 35.5 Å². The molecule has 0 unspecified atom stereocenters. The lowest BCUT2D eigenvalue weighted by Crippen LogP contribution is -2.90. The molecule has 14 nitrogen and oxygen atoms in total. The number of amides is 4. The Morgan fingerprint density at radius 1 is 1.09 bits per heavy atom. The van der Waals surface area contributed by atoms with E-state index in [1.165, 1.54) is 9.80 Å². The van der Waals surface area contributed by atoms with Crippen LogP contribution in [0.2, 0.25) is 0 Å². The summed E-state index contributed by atoms with van der Waals surface area (Å²) in [6.07, 6.45) is 3.71. The third-order valence-electron chi connectivity index (χ3n) is 9.32. The number of benzene rings is 2. The van der Waals surface area contributed by atoms with Crippen molar-refractivity contribution in [2.24, 2.45) is 16.5 Å². The van der Waals surface area contributed by atoms with Crippen LogP contribution in [-0.2, 0) is 17.6 Å². The van der Waals surface area contributed by atoms with E-state index in [2.05, 4.69) is 20.6 Å². The van der Waals surface area contributed by atoms with Gasteiger partial charge in [0.25, 0.3) is 17.5 Å². The number of aryl methyl sites for hydroxylation is 1. The van der Waals surface area contributed by atoms with E-state index in [1.807, 2.05) is 18.2 Å². The molecule has 7 rings (SSSR count). The van der Waals surface area contributed by atoms with Crippen LogP contribution >= 0.6 is 0 Å². The molecule has 224 valence electrons. The Labute approximate surface area is 247 Å². The van der Waals surface area contributed by atoms with Crippen molar-refractivity contribution in [1.29, 1.82) is 0 Å². The zero-order valence-electron chi connectivity index (χ0n) is 23.4. The molecule has 43 heavy (non-hydrogen) atoms. The largest absolute Gasteiger partial charge is 0.370 e. The number of imide groups is 1. The molecule has 2 aromatic carbocycles. The van der Waals surface area contributed by atoms with Crippen molar-refractivity contribution in [1.82, 2.24) is 20.4 Å². The van der Waals surface area contributed by atoms with Gasteiger partial charge in [0, 0.05) is 11.3 Å². The molecule has 2 fully saturated rings. The van der Waals surface area contributed by atoms with Crippen LogP contribution < -0.4 is 32.0 Å². The average molecular weight is 589 g/mol. The molecule has 0 radical (unpaired) electrons. The SMILES string of the molecule is NC1=N[C@@H](CN2C(=O)CN(c3ccccc3)C2=O)[C@@H]2[NH+]=C(N)N[C@]23N1C[C@H](NC(=O)c1cccc2c1CCCC2)C3(O)O. The van der Waals surface area contributed by atoms with E-state index in [0.717, 1.165) is 41.7 Å². The van der Waals surface area contributed by atoms with E-state index >= 15 is 0 Å². The highest BCUT2D eigenvalue weighted by Gasteiger charge is 2.76. The summed E-state index contributed by atoms with van der Waals surface area (Å²) in [5, 5.41) is 29.4. The van der Waals surface area contributed by atoms with Crippen molar-refractivity contribution in [2.75, 3.05) is 24.5 Å². The molecule has 0 bridgehead atoms. The minimum atomic E-state index is -2.61. The molecule has 4 heterocycles. The van der Waals surface area contributed by atoms with Gasteiger partial charge in [0.1, 0.15) is 18.6 Å². The number of nitrogens with zero attached hydrogens (tertiary/aromatic N) is 4. The minimum absolute atomic E-state index is 0.0338. The summed E-state index contributed by atoms with van der Waals surface area (Å²) in [5.41, 5.74) is 14.0. The van der Waals surface area contributed by atoms with Gasteiger partial charge in [-0.3, -0.25) is 35.0 Å². The first-order valence-electron chi connectivity index (χ1n) is 14.4. The fourth-order valence-electron chi connectivity index (χ4n) is 7.27. The molecule has 1 aliphatic carbocycles. The lowest BCUT2D eigenvalue weighted by atomic mass is 9.84. The van der Waals surface area contributed by atoms with Gasteiger partial charge in [-0.2, -0.15) is 0 Å². The van der Waals surface area contributed by atoms with Crippen molar-refractivity contribution in [3.63, 3.8) is 0 Å². The number of fused-ring (bicyclic) bond motifs is 1. The van der Waals surface area contributed by atoms with Crippen molar-refractivity contribution in [2.45, 2.75) is 55.3 Å². The van der Waals surface area contributed by atoms with Gasteiger partial charge in [-0.15, -0.1) is 0 Å². The van der Waals surface area contributed by atoms with Crippen LogP contribution in [-0.4, -0.2) is 99.0 Å². The van der Waals surface area contributed by atoms with E-state index in [4.69, 9.17) is 11.5 Å². The van der Waals surface area contributed by atoms with Crippen LogP contribution in [0.1, 0.15) is 34.3 Å². The predicted octanol–water partition coefficient (Wildman–Crippen LogP) is -3.11. The summed E-state index contributed by atoms with van der Waals surface area (Å²) in [6, 6.07) is 10.9. The van der Waals surface area contributed by atoms with Gasteiger partial charge in [-0.05, 0) is 55.0 Å². The third-order valence-corrected chi connectivity index (χ3v) is 9.32. The number of aliphatic imine (C=N–C) groups is 1. The molecule has 4 atom stereocenters. The van der Waals surface area contributed by atoms with Gasteiger partial charge in [-0.25, -0.2) is 15.1 Å². The first kappa shape index (κ1) is 27.2. The highest BCUT2D eigenvalue weighted by atomic mass is 16.5. The predicted molar refractivity (Wildman–Crippen MR) is 154 cm³/mol. The topological polar surface area (TPSA) is 204 Å². The zero-order chi connectivity index (χ0) is 30.1. The van der Waals surface area contributed by atoms with E-state index in [0.29, 0.717) is 11.3 Å². The van der Waals surface area contributed by atoms with E-state index in [1.54, 1.807) is 30.3 Å². The van der Waals surface area contributed by atoms with Gasteiger partial charge < -0.3 is 21.3 Å². The second kappa shape index (κ2) is 9.67. The van der Waals surface area contributed by atoms with Gasteiger partial charge in [0.05, 0.1) is 13.1 Å². The number of guanidine groups is 2. The van der Waals surface area contributed by atoms with E-state index in [9.17, 15) is 24.6 Å². The molecule has 4 amide bonds. The molecule has 9 N–H and O–H groups in total. The quantitative estimate of drug-likeness (QED) is 0.139. The van der Waals surface area contributed by atoms with Gasteiger partial charge in [0.15, 0.2) is 12.0 Å². The van der Waals surface area contributed by atoms with Crippen molar-refractivity contribution < 1.29 is 29.6 Å². The number of hydrogen-bond donors (Lipinski definition) is 7. The van der Waals surface area contributed by atoms with Crippen LogP contribution in [0, 0.1) is 0 Å². The molecule has 14 heteroatoms. The van der Waals surface area contributed by atoms with E-state index < -0.39 is 47.4 Å². The number of hydrogen-bond acceptors (Lipinski definition) is 10. The normalized spacial score (nSPS) is 29.0. The zero-order valence-corrected chi connectivity index (χ0v) is 23.4. The maximum atomic E-state index is 13.6. The third kappa shape index (κ3) is 3.97. The molecule has 5 aliphatic rings. The number of nitrogens with one attached hydrogen (secondary N) is 3. The highest BCUT2D eigenvalue weighted by molar-refractivity contribution is 6.12. The number of urea groups is 1. The Morgan fingerprint density at radius 3 is 2.65 bits per heavy atom. The number of carbonyl (C=O) groups is 3. The molecule has 0 saturated carbocycles. The number of aliphatic hydroxyl groups is 2. The Bertz CT molecular complexity index is 1580. The minimum Gasteiger partial charge on any atom is -0.370 e. The second-order valence-electron chi connectivity index (χ2n) is 11.7. The number of nitrogens with two attached hydrogens (primary N) is 2. The number of rotatable bonds is 5. The molecular weight excluding hydrogens is 554 g/mol. The summed E-state index contributed by atoms with van der Waals surface area (Å²) in [5.74, 6) is -3.47. The van der Waals surface area contributed by atoms with Crippen LogP contribution in [0.15, 0.2) is 53.5 Å². The molecule has 4 aliphatic heterocycles. The standard InChI is InChI=1S/C29H33N9O5/c30-25-34-23-20(13-37-22(39)15-36(27(37)41)17-9-2-1-3-10-17)32-26(31)38-14-21(29(42,43)28(23,38)35-25)33-24(40)19-12-6-8-16-7-4-5-11-18(16)19/h1-3,6,8-10,12,20-21,23,42-43H,4-5,7,11,13-15H2,(H2,31,32)(H,33,40)(H3,30,34,35)/p+1/t20-,21-,23-,28-/m0/s1. The van der Waals surface area contributed by atoms with Crippen LogP contribution in [0.5, 0.6) is 0 Å². The lowest BCUT2D eigenvalue weighted by molar-refractivity contribution is -0.521. The van der Waals surface area contributed by atoms with Gasteiger partial charge >= 0.3 is 12.0 Å². The van der Waals surface area contributed by atoms with E-state index in [-0.39, 0.29) is 31.6 Å². The lowest BCUT2D eigenvalue weighted by Gasteiger charge is -2.46. The average Bonchev–Trinajstić information content (AvgIpc) is 3.58. The molecule has 0 aromatic heterocycles. The smallest absolute Gasteiger partial charge is 0.343 e. The Morgan fingerprint density at radius 2 is 1.86 bits per heavy atom. The number of anilines is 1.